The minimum Gasteiger partial charge on any atom is -0.487 e. The van der Waals surface area contributed by atoms with Crippen molar-refractivity contribution in [2.75, 3.05) is 18.4 Å². The van der Waals surface area contributed by atoms with Gasteiger partial charge >= 0.3 is 0 Å². The number of nitrogens with one attached hydrogen (secondary N) is 2. The first-order chi connectivity index (χ1) is 10.8. The molecule has 0 atom stereocenters. The maximum Gasteiger partial charge on any atom is 0.130 e. The molecule has 2 heterocycles. The number of pyridine rings is 1. The quantitative estimate of drug-likeness (QED) is 0.886. The Morgan fingerprint density at radius 2 is 2.09 bits per heavy atom. The summed E-state index contributed by atoms with van der Waals surface area (Å²) >= 11 is 5.83. The Morgan fingerprint density at radius 1 is 1.23 bits per heavy atom. The average Bonchev–Trinajstić information content (AvgIpc) is 2.56. The van der Waals surface area contributed by atoms with E-state index in [1.54, 1.807) is 6.20 Å². The van der Waals surface area contributed by atoms with Crippen LogP contribution in [0.4, 0.5) is 5.69 Å². The van der Waals surface area contributed by atoms with Gasteiger partial charge in [-0.3, -0.25) is 4.98 Å². The maximum atomic E-state index is 5.83. The summed E-state index contributed by atoms with van der Waals surface area (Å²) in [5.74, 6) is 0.843. The lowest BCUT2D eigenvalue weighted by Gasteiger charge is -2.24. The molecule has 0 unspecified atom stereocenters. The number of piperidine rings is 1. The standard InChI is InChI=1S/C17H20ClN3O/c18-13-4-5-16(20-11-13)12-22-17-3-1-2-15(10-17)21-14-6-8-19-9-7-14/h1-5,10-11,14,19,21H,6-9,12H2. The molecule has 1 saturated heterocycles. The van der Waals surface area contributed by atoms with Crippen molar-refractivity contribution < 1.29 is 4.74 Å². The summed E-state index contributed by atoms with van der Waals surface area (Å²) in [5, 5.41) is 7.58. The lowest BCUT2D eigenvalue weighted by molar-refractivity contribution is 0.301. The Labute approximate surface area is 135 Å². The molecule has 0 amide bonds. The molecular formula is C17H20ClN3O. The summed E-state index contributed by atoms with van der Waals surface area (Å²) in [4.78, 5) is 4.23. The van der Waals surface area contributed by atoms with Crippen molar-refractivity contribution in [2.45, 2.75) is 25.5 Å². The SMILES string of the molecule is Clc1ccc(COc2cccc(NC3CCNCC3)c2)nc1. The third-order valence-electron chi connectivity index (χ3n) is 3.72. The largest absolute Gasteiger partial charge is 0.487 e. The number of hydrogen-bond acceptors (Lipinski definition) is 4. The van der Waals surface area contributed by atoms with Crippen LogP contribution < -0.4 is 15.4 Å². The van der Waals surface area contributed by atoms with Crippen molar-refractivity contribution in [3.63, 3.8) is 0 Å². The van der Waals surface area contributed by atoms with Gasteiger partial charge in [-0.05, 0) is 50.2 Å². The van der Waals surface area contributed by atoms with Crippen molar-refractivity contribution in [1.29, 1.82) is 0 Å². The van der Waals surface area contributed by atoms with E-state index in [1.165, 1.54) is 0 Å². The van der Waals surface area contributed by atoms with Crippen LogP contribution in [0, 0.1) is 0 Å². The Bertz CT molecular complexity index is 597. The first kappa shape index (κ1) is 15.1. The van der Waals surface area contributed by atoms with Crippen LogP contribution in [0.15, 0.2) is 42.6 Å². The number of anilines is 1. The summed E-state index contributed by atoms with van der Waals surface area (Å²) in [6, 6.07) is 12.3. The van der Waals surface area contributed by atoms with Crippen molar-refractivity contribution in [3.05, 3.63) is 53.3 Å². The van der Waals surface area contributed by atoms with Gasteiger partial charge in [0.15, 0.2) is 0 Å². The molecule has 3 rings (SSSR count). The molecule has 0 saturated carbocycles. The van der Waals surface area contributed by atoms with E-state index in [-0.39, 0.29) is 0 Å². The van der Waals surface area contributed by atoms with Gasteiger partial charge < -0.3 is 15.4 Å². The van der Waals surface area contributed by atoms with Crippen LogP contribution in [-0.4, -0.2) is 24.1 Å². The minimum atomic E-state index is 0.438. The normalized spacial score (nSPS) is 15.5. The van der Waals surface area contributed by atoms with Gasteiger partial charge in [0.25, 0.3) is 0 Å². The van der Waals surface area contributed by atoms with Crippen molar-refractivity contribution in [1.82, 2.24) is 10.3 Å². The van der Waals surface area contributed by atoms with Crippen LogP contribution in [0.2, 0.25) is 5.02 Å². The number of aromatic nitrogens is 1. The van der Waals surface area contributed by atoms with E-state index < -0.39 is 0 Å². The van der Waals surface area contributed by atoms with E-state index in [4.69, 9.17) is 16.3 Å². The van der Waals surface area contributed by atoms with Crippen molar-refractivity contribution in [2.24, 2.45) is 0 Å². The number of nitrogens with zero attached hydrogens (tertiary/aromatic N) is 1. The Hall–Kier alpha value is -1.78. The second-order valence-electron chi connectivity index (χ2n) is 5.45. The lowest BCUT2D eigenvalue weighted by atomic mass is 10.1. The zero-order valence-electron chi connectivity index (χ0n) is 12.4. The van der Waals surface area contributed by atoms with E-state index in [2.05, 4.69) is 21.7 Å². The van der Waals surface area contributed by atoms with Crippen molar-refractivity contribution in [3.8, 4) is 5.75 Å². The van der Waals surface area contributed by atoms with E-state index >= 15 is 0 Å². The number of halogens is 1. The Balaban J connectivity index is 1.57. The highest BCUT2D eigenvalue weighted by Crippen LogP contribution is 2.20. The van der Waals surface area contributed by atoms with E-state index in [0.717, 1.165) is 43.1 Å². The predicted molar refractivity (Wildman–Crippen MR) is 89.5 cm³/mol. The molecule has 0 aliphatic carbocycles. The molecule has 0 radical (unpaired) electrons. The Kier molecular flexibility index (Phi) is 5.14. The van der Waals surface area contributed by atoms with Gasteiger partial charge in [-0.2, -0.15) is 0 Å². The summed E-state index contributed by atoms with van der Waals surface area (Å²) < 4.78 is 5.80. The zero-order chi connectivity index (χ0) is 15.2. The number of hydrogen-bond donors (Lipinski definition) is 2. The Morgan fingerprint density at radius 3 is 2.86 bits per heavy atom. The second kappa shape index (κ2) is 7.47. The average molecular weight is 318 g/mol. The highest BCUT2D eigenvalue weighted by Gasteiger charge is 2.12. The molecule has 1 aliphatic heterocycles. The van der Waals surface area contributed by atoms with Gasteiger partial charge in [0.1, 0.15) is 12.4 Å². The summed E-state index contributed by atoms with van der Waals surface area (Å²) in [5.41, 5.74) is 1.97. The van der Waals surface area contributed by atoms with Crippen LogP contribution in [0.5, 0.6) is 5.75 Å². The first-order valence-corrected chi connectivity index (χ1v) is 7.98. The predicted octanol–water partition coefficient (Wildman–Crippen LogP) is 3.48. The monoisotopic (exact) mass is 317 g/mol. The molecule has 1 aromatic heterocycles. The van der Waals surface area contributed by atoms with E-state index in [1.807, 2.05) is 30.3 Å². The molecule has 0 spiro atoms. The molecule has 116 valence electrons. The maximum absolute atomic E-state index is 5.83. The number of benzene rings is 1. The van der Waals surface area contributed by atoms with Crippen LogP contribution in [0.3, 0.4) is 0 Å². The van der Waals surface area contributed by atoms with Gasteiger partial charge in [-0.25, -0.2) is 0 Å². The van der Waals surface area contributed by atoms with Gasteiger partial charge in [0.05, 0.1) is 10.7 Å². The van der Waals surface area contributed by atoms with Crippen LogP contribution >= 0.6 is 11.6 Å². The fraction of sp³-hybridized carbons (Fsp3) is 0.353. The lowest BCUT2D eigenvalue weighted by Crippen LogP contribution is -2.35. The molecule has 1 fully saturated rings. The summed E-state index contributed by atoms with van der Waals surface area (Å²) in [6.07, 6.45) is 3.94. The molecule has 2 N–H and O–H groups in total. The molecular weight excluding hydrogens is 298 g/mol. The van der Waals surface area contributed by atoms with Gasteiger partial charge in [0.2, 0.25) is 0 Å². The molecule has 1 aromatic carbocycles. The highest BCUT2D eigenvalue weighted by molar-refractivity contribution is 6.30. The highest BCUT2D eigenvalue weighted by atomic mass is 35.5. The molecule has 1 aliphatic rings. The minimum absolute atomic E-state index is 0.438. The van der Waals surface area contributed by atoms with Crippen LogP contribution in [0.1, 0.15) is 18.5 Å². The number of ether oxygens (including phenoxy) is 1. The van der Waals surface area contributed by atoms with Crippen molar-refractivity contribution >= 4 is 17.3 Å². The summed E-state index contributed by atoms with van der Waals surface area (Å²) in [6.45, 7) is 2.60. The fourth-order valence-corrected chi connectivity index (χ4v) is 2.64. The topological polar surface area (TPSA) is 46.2 Å². The number of rotatable bonds is 5. The molecule has 4 nitrogen and oxygen atoms in total. The van der Waals surface area contributed by atoms with E-state index in [9.17, 15) is 0 Å². The van der Waals surface area contributed by atoms with E-state index in [0.29, 0.717) is 17.7 Å². The third-order valence-corrected chi connectivity index (χ3v) is 3.94. The zero-order valence-corrected chi connectivity index (χ0v) is 13.1. The van der Waals surface area contributed by atoms with Crippen LogP contribution in [-0.2, 0) is 6.61 Å². The smallest absolute Gasteiger partial charge is 0.130 e. The van der Waals surface area contributed by atoms with Crippen LogP contribution in [0.25, 0.3) is 0 Å². The van der Waals surface area contributed by atoms with Gasteiger partial charge in [0, 0.05) is 24.0 Å². The first-order valence-electron chi connectivity index (χ1n) is 7.60. The fourth-order valence-electron chi connectivity index (χ4n) is 2.53. The molecule has 2 aromatic rings. The molecule has 22 heavy (non-hydrogen) atoms. The third kappa shape index (κ3) is 4.36. The second-order valence-corrected chi connectivity index (χ2v) is 5.89. The van der Waals surface area contributed by atoms with Gasteiger partial charge in [-0.15, -0.1) is 0 Å². The molecule has 5 heteroatoms. The summed E-state index contributed by atoms with van der Waals surface area (Å²) in [7, 11) is 0. The molecule has 0 bridgehead atoms. The van der Waals surface area contributed by atoms with Gasteiger partial charge in [-0.1, -0.05) is 17.7 Å².